The number of guanidine groups is 1. The maximum Gasteiger partial charge on any atom is 0.191 e. The summed E-state index contributed by atoms with van der Waals surface area (Å²) < 4.78 is 7.99. The summed E-state index contributed by atoms with van der Waals surface area (Å²) in [6, 6.07) is 0. The van der Waals surface area contributed by atoms with Gasteiger partial charge in [0, 0.05) is 50.5 Å². The SMILES string of the molecule is Cc1nn(C)c(C)c1[C@@H]1OCC[C@H]1CN=C(N)N1CCCC(C)C1. The Kier molecular flexibility index (Phi) is 5.13. The molecule has 2 saturated heterocycles. The summed E-state index contributed by atoms with van der Waals surface area (Å²) in [5.74, 6) is 1.79. The monoisotopic (exact) mass is 333 g/mol. The van der Waals surface area contributed by atoms with Crippen molar-refractivity contribution >= 4 is 5.96 Å². The van der Waals surface area contributed by atoms with Gasteiger partial charge >= 0.3 is 0 Å². The predicted molar refractivity (Wildman–Crippen MR) is 95.9 cm³/mol. The maximum absolute atomic E-state index is 6.26. The number of nitrogens with zero attached hydrogens (tertiary/aromatic N) is 4. The molecule has 0 saturated carbocycles. The Balaban J connectivity index is 1.69. The molecule has 0 aromatic carbocycles. The van der Waals surface area contributed by atoms with Crippen molar-refractivity contribution in [1.29, 1.82) is 0 Å². The van der Waals surface area contributed by atoms with E-state index < -0.39 is 0 Å². The molecule has 0 bridgehead atoms. The van der Waals surface area contributed by atoms with Gasteiger partial charge in [-0.2, -0.15) is 5.10 Å². The molecule has 1 aromatic heterocycles. The molecule has 134 valence electrons. The van der Waals surface area contributed by atoms with Crippen LogP contribution < -0.4 is 5.73 Å². The van der Waals surface area contributed by atoms with E-state index in [2.05, 4.69) is 30.8 Å². The van der Waals surface area contributed by atoms with Gasteiger partial charge in [-0.3, -0.25) is 9.67 Å². The first-order chi connectivity index (χ1) is 11.5. The van der Waals surface area contributed by atoms with Crippen molar-refractivity contribution in [3.8, 4) is 0 Å². The molecule has 3 rings (SSSR count). The average Bonchev–Trinajstić information content (AvgIpc) is 3.09. The van der Waals surface area contributed by atoms with Gasteiger partial charge in [-0.15, -0.1) is 0 Å². The van der Waals surface area contributed by atoms with Crippen molar-refractivity contribution in [3.05, 3.63) is 17.0 Å². The molecule has 3 heterocycles. The van der Waals surface area contributed by atoms with Crippen LogP contribution in [-0.4, -0.2) is 46.9 Å². The number of aryl methyl sites for hydroxylation is 2. The van der Waals surface area contributed by atoms with E-state index in [4.69, 9.17) is 15.5 Å². The van der Waals surface area contributed by atoms with Crippen LogP contribution in [0, 0.1) is 25.7 Å². The largest absolute Gasteiger partial charge is 0.373 e. The molecular weight excluding hydrogens is 302 g/mol. The summed E-state index contributed by atoms with van der Waals surface area (Å²) in [6.07, 6.45) is 3.63. The summed E-state index contributed by atoms with van der Waals surface area (Å²) >= 11 is 0. The number of aromatic nitrogens is 2. The van der Waals surface area contributed by atoms with Gasteiger partial charge in [-0.1, -0.05) is 6.92 Å². The molecule has 6 heteroatoms. The van der Waals surface area contributed by atoms with E-state index in [1.165, 1.54) is 24.1 Å². The van der Waals surface area contributed by atoms with Crippen LogP contribution in [-0.2, 0) is 11.8 Å². The topological polar surface area (TPSA) is 68.7 Å². The highest BCUT2D eigenvalue weighted by Crippen LogP contribution is 2.37. The van der Waals surface area contributed by atoms with Crippen molar-refractivity contribution in [2.24, 2.45) is 29.6 Å². The minimum atomic E-state index is 0.0931. The van der Waals surface area contributed by atoms with E-state index in [1.54, 1.807) is 0 Å². The molecule has 2 N–H and O–H groups in total. The molecule has 0 spiro atoms. The van der Waals surface area contributed by atoms with Crippen LogP contribution in [0.15, 0.2) is 4.99 Å². The number of hydrogen-bond donors (Lipinski definition) is 1. The van der Waals surface area contributed by atoms with E-state index in [1.807, 2.05) is 11.7 Å². The second-order valence-electron chi connectivity index (χ2n) is 7.44. The molecular formula is C18H31N5O. The number of piperidine rings is 1. The second kappa shape index (κ2) is 7.13. The van der Waals surface area contributed by atoms with E-state index in [-0.39, 0.29) is 6.10 Å². The number of hydrogen-bond acceptors (Lipinski definition) is 3. The zero-order chi connectivity index (χ0) is 17.3. The van der Waals surface area contributed by atoms with Gasteiger partial charge in [-0.25, -0.2) is 0 Å². The van der Waals surface area contributed by atoms with Gasteiger partial charge in [-0.05, 0) is 39.0 Å². The number of nitrogens with two attached hydrogens (primary N) is 1. The third kappa shape index (κ3) is 3.43. The van der Waals surface area contributed by atoms with Crippen LogP contribution in [0.4, 0.5) is 0 Å². The molecule has 6 nitrogen and oxygen atoms in total. The van der Waals surface area contributed by atoms with Crippen molar-refractivity contribution in [2.45, 2.75) is 46.1 Å². The van der Waals surface area contributed by atoms with Gasteiger partial charge in [0.2, 0.25) is 0 Å². The lowest BCUT2D eigenvalue weighted by Gasteiger charge is -2.31. The number of ether oxygens (including phenoxy) is 1. The van der Waals surface area contributed by atoms with Crippen molar-refractivity contribution in [2.75, 3.05) is 26.2 Å². The normalized spacial score (nSPS) is 28.6. The Bertz CT molecular complexity index is 609. The first-order valence-corrected chi connectivity index (χ1v) is 9.14. The molecule has 1 aromatic rings. The minimum Gasteiger partial charge on any atom is -0.373 e. The first kappa shape index (κ1) is 17.3. The summed E-state index contributed by atoms with van der Waals surface area (Å²) in [4.78, 5) is 6.95. The van der Waals surface area contributed by atoms with Gasteiger partial charge in [0.05, 0.1) is 11.8 Å². The Labute approximate surface area is 145 Å². The fourth-order valence-corrected chi connectivity index (χ4v) is 4.05. The third-order valence-electron chi connectivity index (χ3n) is 5.53. The number of rotatable bonds is 3. The van der Waals surface area contributed by atoms with Crippen LogP contribution in [0.3, 0.4) is 0 Å². The Morgan fingerprint density at radius 1 is 1.38 bits per heavy atom. The molecule has 3 atom stereocenters. The van der Waals surface area contributed by atoms with Crippen LogP contribution >= 0.6 is 0 Å². The van der Waals surface area contributed by atoms with Crippen LogP contribution in [0.2, 0.25) is 0 Å². The maximum atomic E-state index is 6.26. The lowest BCUT2D eigenvalue weighted by Crippen LogP contribution is -2.43. The smallest absolute Gasteiger partial charge is 0.191 e. The molecule has 0 radical (unpaired) electrons. The summed E-state index contributed by atoms with van der Waals surface area (Å²) in [5, 5.41) is 4.53. The Hall–Kier alpha value is -1.56. The average molecular weight is 333 g/mol. The summed E-state index contributed by atoms with van der Waals surface area (Å²) in [5.41, 5.74) is 9.74. The Morgan fingerprint density at radius 2 is 2.17 bits per heavy atom. The van der Waals surface area contributed by atoms with Gasteiger partial charge in [0.15, 0.2) is 5.96 Å². The van der Waals surface area contributed by atoms with Crippen molar-refractivity contribution < 1.29 is 4.74 Å². The van der Waals surface area contributed by atoms with E-state index in [0.29, 0.717) is 17.8 Å². The minimum absolute atomic E-state index is 0.0931. The van der Waals surface area contributed by atoms with Crippen molar-refractivity contribution in [1.82, 2.24) is 14.7 Å². The zero-order valence-corrected chi connectivity index (χ0v) is 15.5. The molecule has 2 aliphatic rings. The number of likely N-dealkylation sites (tertiary alicyclic amines) is 1. The van der Waals surface area contributed by atoms with Crippen LogP contribution in [0.25, 0.3) is 0 Å². The lowest BCUT2D eigenvalue weighted by molar-refractivity contribution is 0.0914. The van der Waals surface area contributed by atoms with Crippen LogP contribution in [0.5, 0.6) is 0 Å². The molecule has 0 aliphatic carbocycles. The zero-order valence-electron chi connectivity index (χ0n) is 15.5. The van der Waals surface area contributed by atoms with Crippen molar-refractivity contribution in [3.63, 3.8) is 0 Å². The number of aliphatic imine (C=N–C) groups is 1. The molecule has 24 heavy (non-hydrogen) atoms. The summed E-state index contributed by atoms with van der Waals surface area (Å²) in [7, 11) is 1.99. The van der Waals surface area contributed by atoms with Crippen LogP contribution in [0.1, 0.15) is 49.2 Å². The Morgan fingerprint density at radius 3 is 2.83 bits per heavy atom. The van der Waals surface area contributed by atoms with Gasteiger partial charge in [0.1, 0.15) is 0 Å². The third-order valence-corrected chi connectivity index (χ3v) is 5.53. The fraction of sp³-hybridized carbons (Fsp3) is 0.778. The lowest BCUT2D eigenvalue weighted by atomic mass is 9.94. The summed E-state index contributed by atoms with van der Waals surface area (Å²) in [6.45, 7) is 10.0. The van der Waals surface area contributed by atoms with Gasteiger partial charge in [0.25, 0.3) is 0 Å². The highest BCUT2D eigenvalue weighted by Gasteiger charge is 2.33. The van der Waals surface area contributed by atoms with E-state index >= 15 is 0 Å². The standard InChI is InChI=1S/C18H31N5O/c1-12-6-5-8-23(11-12)18(19)20-10-15-7-9-24-17(15)16-13(2)21-22(4)14(16)3/h12,15,17H,5-11H2,1-4H3,(H2,19,20)/t12?,15-,17+/m0/s1. The second-order valence-corrected chi connectivity index (χ2v) is 7.44. The quantitative estimate of drug-likeness (QED) is 0.680. The fourth-order valence-electron chi connectivity index (χ4n) is 4.05. The molecule has 2 aliphatic heterocycles. The highest BCUT2D eigenvalue weighted by atomic mass is 16.5. The first-order valence-electron chi connectivity index (χ1n) is 9.14. The van der Waals surface area contributed by atoms with E-state index in [9.17, 15) is 0 Å². The molecule has 0 amide bonds. The van der Waals surface area contributed by atoms with E-state index in [0.717, 1.165) is 38.4 Å². The molecule has 2 fully saturated rings. The molecule has 1 unspecified atom stereocenters. The highest BCUT2D eigenvalue weighted by molar-refractivity contribution is 5.78. The predicted octanol–water partition coefficient (Wildman–Crippen LogP) is 2.16. The van der Waals surface area contributed by atoms with Gasteiger partial charge < -0.3 is 15.4 Å².